The topological polar surface area (TPSA) is 48.2 Å². The van der Waals surface area contributed by atoms with Gasteiger partial charge in [0, 0.05) is 13.5 Å². The van der Waals surface area contributed by atoms with Crippen molar-refractivity contribution < 1.29 is 9.15 Å². The van der Waals surface area contributed by atoms with E-state index in [0.29, 0.717) is 24.3 Å². The second kappa shape index (κ2) is 7.50. The SMILES string of the molecule is CC.COCc1nnc(CC(C)C)o1. The van der Waals surface area contributed by atoms with Gasteiger partial charge in [0.25, 0.3) is 0 Å². The summed E-state index contributed by atoms with van der Waals surface area (Å²) in [6.45, 7) is 8.62. The fourth-order valence-electron chi connectivity index (χ4n) is 0.902. The van der Waals surface area contributed by atoms with Crippen LogP contribution in [-0.2, 0) is 17.8 Å². The largest absolute Gasteiger partial charge is 0.423 e. The Morgan fingerprint density at radius 3 is 2.29 bits per heavy atom. The van der Waals surface area contributed by atoms with Crippen LogP contribution in [0, 0.1) is 5.92 Å². The average molecular weight is 200 g/mol. The number of methoxy groups -OCH3 is 1. The molecule has 0 bridgehead atoms. The smallest absolute Gasteiger partial charge is 0.242 e. The van der Waals surface area contributed by atoms with Gasteiger partial charge in [-0.3, -0.25) is 0 Å². The summed E-state index contributed by atoms with van der Waals surface area (Å²) in [5, 5.41) is 7.70. The van der Waals surface area contributed by atoms with Gasteiger partial charge in [-0.2, -0.15) is 0 Å². The molecule has 0 radical (unpaired) electrons. The zero-order valence-corrected chi connectivity index (χ0v) is 9.70. The van der Waals surface area contributed by atoms with Gasteiger partial charge >= 0.3 is 0 Å². The molecule has 1 heterocycles. The summed E-state index contributed by atoms with van der Waals surface area (Å²) in [6.07, 6.45) is 0.830. The molecule has 0 amide bonds. The number of aromatic nitrogens is 2. The Balaban J connectivity index is 0.000000791. The third-order valence-corrected chi connectivity index (χ3v) is 1.36. The van der Waals surface area contributed by atoms with Crippen molar-refractivity contribution in [3.63, 3.8) is 0 Å². The molecule has 0 aliphatic heterocycles. The number of hydrogen-bond acceptors (Lipinski definition) is 4. The molecular weight excluding hydrogens is 180 g/mol. The van der Waals surface area contributed by atoms with Gasteiger partial charge in [-0.15, -0.1) is 10.2 Å². The minimum absolute atomic E-state index is 0.394. The quantitative estimate of drug-likeness (QED) is 0.749. The molecule has 0 spiro atoms. The van der Waals surface area contributed by atoms with Gasteiger partial charge in [-0.25, -0.2) is 0 Å². The van der Waals surface area contributed by atoms with Crippen LogP contribution in [0.25, 0.3) is 0 Å². The van der Waals surface area contributed by atoms with E-state index in [4.69, 9.17) is 9.15 Å². The number of ether oxygens (including phenoxy) is 1. The fraction of sp³-hybridized carbons (Fsp3) is 0.800. The van der Waals surface area contributed by atoms with Crippen LogP contribution < -0.4 is 0 Å². The Bertz CT molecular complexity index is 234. The van der Waals surface area contributed by atoms with Gasteiger partial charge in [0.15, 0.2) is 0 Å². The van der Waals surface area contributed by atoms with E-state index in [9.17, 15) is 0 Å². The van der Waals surface area contributed by atoms with Gasteiger partial charge in [-0.05, 0) is 5.92 Å². The predicted molar refractivity (Wildman–Crippen MR) is 54.9 cm³/mol. The van der Waals surface area contributed by atoms with Crippen LogP contribution in [0.1, 0.15) is 39.5 Å². The molecule has 1 aromatic heterocycles. The zero-order valence-electron chi connectivity index (χ0n) is 9.70. The van der Waals surface area contributed by atoms with Crippen LogP contribution in [0.2, 0.25) is 0 Å². The molecule has 0 aliphatic rings. The number of nitrogens with zero attached hydrogens (tertiary/aromatic N) is 2. The minimum Gasteiger partial charge on any atom is -0.423 e. The van der Waals surface area contributed by atoms with E-state index >= 15 is 0 Å². The average Bonchev–Trinajstić information content (AvgIpc) is 2.56. The normalized spacial score (nSPS) is 9.86. The highest BCUT2D eigenvalue weighted by Gasteiger charge is 2.06. The van der Waals surface area contributed by atoms with Crippen molar-refractivity contribution in [2.45, 2.75) is 40.7 Å². The van der Waals surface area contributed by atoms with Crippen molar-refractivity contribution in [3.05, 3.63) is 11.8 Å². The van der Waals surface area contributed by atoms with Crippen LogP contribution >= 0.6 is 0 Å². The van der Waals surface area contributed by atoms with Gasteiger partial charge in [-0.1, -0.05) is 27.7 Å². The number of rotatable bonds is 4. The summed E-state index contributed by atoms with van der Waals surface area (Å²) in [5.41, 5.74) is 0. The van der Waals surface area contributed by atoms with E-state index < -0.39 is 0 Å². The second-order valence-corrected chi connectivity index (χ2v) is 3.12. The highest BCUT2D eigenvalue weighted by atomic mass is 16.5. The first-order chi connectivity index (χ1) is 6.72. The van der Waals surface area contributed by atoms with Crippen molar-refractivity contribution in [2.75, 3.05) is 7.11 Å². The summed E-state index contributed by atoms with van der Waals surface area (Å²) in [7, 11) is 1.60. The Hall–Kier alpha value is -0.900. The lowest BCUT2D eigenvalue weighted by atomic mass is 10.1. The summed E-state index contributed by atoms with van der Waals surface area (Å²) in [6, 6.07) is 0. The third kappa shape index (κ3) is 4.97. The maximum atomic E-state index is 5.29. The molecule has 1 aromatic rings. The monoisotopic (exact) mass is 200 g/mol. The lowest BCUT2D eigenvalue weighted by Crippen LogP contribution is -1.93. The van der Waals surface area contributed by atoms with Gasteiger partial charge in [0.2, 0.25) is 11.8 Å². The first kappa shape index (κ1) is 13.1. The van der Waals surface area contributed by atoms with Crippen molar-refractivity contribution in [1.29, 1.82) is 0 Å². The van der Waals surface area contributed by atoms with E-state index in [1.165, 1.54) is 0 Å². The van der Waals surface area contributed by atoms with E-state index in [0.717, 1.165) is 6.42 Å². The summed E-state index contributed by atoms with van der Waals surface area (Å²) in [5.74, 6) is 1.78. The summed E-state index contributed by atoms with van der Waals surface area (Å²) in [4.78, 5) is 0. The van der Waals surface area contributed by atoms with Crippen LogP contribution in [0.15, 0.2) is 4.42 Å². The molecule has 14 heavy (non-hydrogen) atoms. The van der Waals surface area contributed by atoms with E-state index in [1.54, 1.807) is 7.11 Å². The fourth-order valence-corrected chi connectivity index (χ4v) is 0.902. The molecule has 4 nitrogen and oxygen atoms in total. The standard InChI is InChI=1S/C8H14N2O2.C2H6/c1-6(2)4-7-9-10-8(12-7)5-11-3;1-2/h6H,4-5H2,1-3H3;1-2H3. The maximum Gasteiger partial charge on any atom is 0.242 e. The molecule has 0 saturated carbocycles. The first-order valence-corrected chi connectivity index (χ1v) is 5.02. The maximum absolute atomic E-state index is 5.29. The second-order valence-electron chi connectivity index (χ2n) is 3.12. The Kier molecular flexibility index (Phi) is 7.02. The molecule has 0 aliphatic carbocycles. The molecule has 4 heteroatoms. The van der Waals surface area contributed by atoms with Gasteiger partial charge in [0.1, 0.15) is 6.61 Å². The van der Waals surface area contributed by atoms with Gasteiger partial charge in [0.05, 0.1) is 0 Å². The molecule has 0 saturated heterocycles. The first-order valence-electron chi connectivity index (χ1n) is 5.02. The number of hydrogen-bond donors (Lipinski definition) is 0. The Morgan fingerprint density at radius 1 is 1.21 bits per heavy atom. The van der Waals surface area contributed by atoms with E-state index in [1.807, 2.05) is 13.8 Å². The molecule has 0 aromatic carbocycles. The minimum atomic E-state index is 0.394. The predicted octanol–water partition coefficient (Wildman–Crippen LogP) is 2.44. The highest BCUT2D eigenvalue weighted by molar-refractivity contribution is 4.81. The highest BCUT2D eigenvalue weighted by Crippen LogP contribution is 2.06. The van der Waals surface area contributed by atoms with Gasteiger partial charge < -0.3 is 9.15 Å². The van der Waals surface area contributed by atoms with Crippen molar-refractivity contribution in [3.8, 4) is 0 Å². The van der Waals surface area contributed by atoms with Crippen molar-refractivity contribution >= 4 is 0 Å². The van der Waals surface area contributed by atoms with Crippen molar-refractivity contribution in [2.24, 2.45) is 5.92 Å². The third-order valence-electron chi connectivity index (χ3n) is 1.36. The summed E-state index contributed by atoms with van der Waals surface area (Å²) < 4.78 is 10.1. The molecule has 0 unspecified atom stereocenters. The molecule has 1 rings (SSSR count). The Labute approximate surface area is 85.7 Å². The molecule has 0 atom stereocenters. The molecule has 0 fully saturated rings. The molecule has 0 N–H and O–H groups in total. The molecule has 82 valence electrons. The van der Waals surface area contributed by atoms with Crippen LogP contribution in [-0.4, -0.2) is 17.3 Å². The Morgan fingerprint density at radius 2 is 1.79 bits per heavy atom. The van der Waals surface area contributed by atoms with Crippen LogP contribution in [0.5, 0.6) is 0 Å². The zero-order chi connectivity index (χ0) is 11.0. The molecular formula is C10H20N2O2. The van der Waals surface area contributed by atoms with E-state index in [-0.39, 0.29) is 0 Å². The summed E-state index contributed by atoms with van der Waals surface area (Å²) >= 11 is 0. The lowest BCUT2D eigenvalue weighted by Gasteiger charge is -1.96. The van der Waals surface area contributed by atoms with Crippen molar-refractivity contribution in [1.82, 2.24) is 10.2 Å². The van der Waals surface area contributed by atoms with E-state index in [2.05, 4.69) is 24.0 Å². The van der Waals surface area contributed by atoms with Crippen LogP contribution in [0.3, 0.4) is 0 Å². The van der Waals surface area contributed by atoms with Crippen LogP contribution in [0.4, 0.5) is 0 Å². The lowest BCUT2D eigenvalue weighted by molar-refractivity contribution is 0.157.